The molecule has 1 amide bonds. The fourth-order valence-corrected chi connectivity index (χ4v) is 12.9. The molecule has 0 saturated carbocycles. The van der Waals surface area contributed by atoms with Crippen molar-refractivity contribution in [3.05, 3.63) is 59.5 Å². The first-order valence-corrected chi connectivity index (χ1v) is 17.3. The Morgan fingerprint density at radius 2 is 1.71 bits per heavy atom. The largest absolute Gasteiger partial charge is 0.465 e. The Morgan fingerprint density at radius 1 is 1.07 bits per heavy atom. The van der Waals surface area contributed by atoms with E-state index in [0.717, 1.165) is 16.3 Å². The van der Waals surface area contributed by atoms with E-state index in [-0.39, 0.29) is 23.5 Å². The first kappa shape index (κ1) is 30.0. The van der Waals surface area contributed by atoms with E-state index < -0.39 is 20.0 Å². The molecule has 0 bridgehead atoms. The Morgan fingerprint density at radius 3 is 2.33 bits per heavy atom. The molecule has 3 aromatic rings. The SMILES string of the molecule is CC(C)[Si](C#Cc1cccc2cccc(-c3ncc(C(=S)N4C[C@@H]5[C@H]4CCN5C(=O)O)c(N)c3F)c12)(C(C)C)C(C)C. The van der Waals surface area contributed by atoms with Gasteiger partial charge < -0.3 is 20.6 Å². The summed E-state index contributed by atoms with van der Waals surface area (Å²) in [5, 5.41) is 11.2. The number of benzene rings is 2. The number of carbonyl (C=O) groups is 1. The van der Waals surface area contributed by atoms with Crippen LogP contribution in [0, 0.1) is 17.3 Å². The zero-order valence-electron chi connectivity index (χ0n) is 25.1. The molecular formula is C33H39FN4O2SSi. The molecule has 0 unspecified atom stereocenters. The van der Waals surface area contributed by atoms with Crippen LogP contribution in [0.4, 0.5) is 14.9 Å². The van der Waals surface area contributed by atoms with Crippen LogP contribution in [0.25, 0.3) is 22.0 Å². The van der Waals surface area contributed by atoms with Crippen LogP contribution in [-0.4, -0.2) is 64.2 Å². The van der Waals surface area contributed by atoms with Crippen molar-refractivity contribution in [1.82, 2.24) is 14.8 Å². The van der Waals surface area contributed by atoms with Crippen molar-refractivity contribution in [2.45, 2.75) is 76.7 Å². The summed E-state index contributed by atoms with van der Waals surface area (Å²) in [5.41, 5.74) is 13.7. The Balaban J connectivity index is 1.55. The van der Waals surface area contributed by atoms with E-state index in [1.807, 2.05) is 41.3 Å². The van der Waals surface area contributed by atoms with E-state index in [9.17, 15) is 9.90 Å². The lowest BCUT2D eigenvalue weighted by molar-refractivity contribution is 0.0767. The maximum atomic E-state index is 16.1. The maximum absolute atomic E-state index is 16.1. The molecule has 3 heterocycles. The van der Waals surface area contributed by atoms with Gasteiger partial charge in [0.15, 0.2) is 5.82 Å². The van der Waals surface area contributed by atoms with E-state index in [2.05, 4.69) is 58.0 Å². The molecule has 42 heavy (non-hydrogen) atoms. The molecule has 2 aliphatic rings. The molecule has 3 N–H and O–H groups in total. The van der Waals surface area contributed by atoms with Crippen molar-refractivity contribution in [2.24, 2.45) is 0 Å². The lowest BCUT2D eigenvalue weighted by atomic mass is 9.95. The smallest absolute Gasteiger partial charge is 0.407 e. The third kappa shape index (κ3) is 4.75. The fraction of sp³-hybridized carbons (Fsp3) is 0.424. The van der Waals surface area contributed by atoms with Gasteiger partial charge >= 0.3 is 6.09 Å². The van der Waals surface area contributed by atoms with Crippen LogP contribution in [-0.2, 0) is 0 Å². The minimum absolute atomic E-state index is 0.0203. The zero-order chi connectivity index (χ0) is 30.5. The number of nitrogens with zero attached hydrogens (tertiary/aromatic N) is 3. The van der Waals surface area contributed by atoms with Gasteiger partial charge in [-0.25, -0.2) is 9.18 Å². The van der Waals surface area contributed by atoms with Crippen LogP contribution in [0.2, 0.25) is 16.6 Å². The van der Waals surface area contributed by atoms with Gasteiger partial charge in [-0.1, -0.05) is 90.0 Å². The van der Waals surface area contributed by atoms with Crippen LogP contribution in [0.15, 0.2) is 42.6 Å². The van der Waals surface area contributed by atoms with Gasteiger partial charge in [0.2, 0.25) is 0 Å². The van der Waals surface area contributed by atoms with E-state index in [1.54, 1.807) is 6.20 Å². The molecule has 220 valence electrons. The number of anilines is 1. The standard InChI is InChI=1S/C33H39FN4O2SSi/c1-19(2)42(20(3)4,21(5)6)16-14-23-10-7-9-22-11-8-12-24(28(22)23)31-29(34)30(35)25(17-36-31)32(41)38-18-27-26(38)13-15-37(27)33(39)40/h7-12,17,19-21,26-27H,13,15,18H2,1-6H3,(H2,35,36)(H,39,40)/t26-,27-/m1/s1. The molecule has 2 atom stereocenters. The van der Waals surface area contributed by atoms with Gasteiger partial charge in [0.05, 0.1) is 23.3 Å². The van der Waals surface area contributed by atoms with Gasteiger partial charge in [-0.3, -0.25) is 4.98 Å². The highest BCUT2D eigenvalue weighted by molar-refractivity contribution is 7.80. The zero-order valence-corrected chi connectivity index (χ0v) is 26.9. The second-order valence-corrected chi connectivity index (χ2v) is 18.4. The number of thiocarbonyl (C=S) groups is 1. The fourth-order valence-electron chi connectivity index (χ4n) is 7.36. The van der Waals surface area contributed by atoms with Crippen molar-refractivity contribution < 1.29 is 14.3 Å². The van der Waals surface area contributed by atoms with E-state index in [4.69, 9.17) is 18.0 Å². The van der Waals surface area contributed by atoms with Gasteiger partial charge in [0, 0.05) is 35.8 Å². The summed E-state index contributed by atoms with van der Waals surface area (Å²) >= 11 is 5.72. The molecule has 2 saturated heterocycles. The summed E-state index contributed by atoms with van der Waals surface area (Å²) in [6, 6.07) is 11.7. The summed E-state index contributed by atoms with van der Waals surface area (Å²) in [5.74, 6) is 2.95. The third-order valence-corrected chi connectivity index (χ3v) is 16.3. The second-order valence-electron chi connectivity index (χ2n) is 12.5. The van der Waals surface area contributed by atoms with Gasteiger partial charge in [0.1, 0.15) is 18.8 Å². The predicted molar refractivity (Wildman–Crippen MR) is 175 cm³/mol. The highest BCUT2D eigenvalue weighted by Crippen LogP contribution is 2.41. The van der Waals surface area contributed by atoms with Gasteiger partial charge in [-0.05, 0) is 34.5 Å². The minimum Gasteiger partial charge on any atom is -0.465 e. The number of carboxylic acid groups (broad SMARTS) is 1. The van der Waals surface area contributed by atoms with Crippen molar-refractivity contribution in [3.8, 4) is 22.7 Å². The van der Waals surface area contributed by atoms with Gasteiger partial charge in [-0.15, -0.1) is 5.54 Å². The highest BCUT2D eigenvalue weighted by atomic mass is 32.1. The molecule has 2 aromatic carbocycles. The molecule has 2 fully saturated rings. The summed E-state index contributed by atoms with van der Waals surface area (Å²) in [4.78, 5) is 19.9. The minimum atomic E-state index is -1.99. The van der Waals surface area contributed by atoms with Crippen molar-refractivity contribution in [3.63, 3.8) is 0 Å². The number of hydrogen-bond acceptors (Lipinski definition) is 4. The van der Waals surface area contributed by atoms with Crippen molar-refractivity contribution in [2.75, 3.05) is 18.8 Å². The van der Waals surface area contributed by atoms with Gasteiger partial charge in [0.25, 0.3) is 0 Å². The molecule has 9 heteroatoms. The van der Waals surface area contributed by atoms with Crippen molar-refractivity contribution in [1.29, 1.82) is 0 Å². The number of hydrogen-bond donors (Lipinski definition) is 2. The summed E-state index contributed by atoms with van der Waals surface area (Å²) < 4.78 is 16.1. The maximum Gasteiger partial charge on any atom is 0.407 e. The van der Waals surface area contributed by atoms with Crippen LogP contribution < -0.4 is 5.73 Å². The number of fused-ring (bicyclic) bond motifs is 2. The third-order valence-electron chi connectivity index (χ3n) is 9.53. The summed E-state index contributed by atoms with van der Waals surface area (Å²) in [6.45, 7) is 14.7. The molecule has 6 nitrogen and oxygen atoms in total. The molecule has 0 radical (unpaired) electrons. The Kier molecular flexibility index (Phi) is 8.07. The number of nitrogen functional groups attached to an aromatic ring is 1. The molecular weight excluding hydrogens is 564 g/mol. The summed E-state index contributed by atoms with van der Waals surface area (Å²) in [6.07, 6.45) is 1.31. The lowest BCUT2D eigenvalue weighted by Gasteiger charge is -2.47. The number of amides is 1. The number of aromatic nitrogens is 1. The van der Waals surface area contributed by atoms with E-state index in [0.29, 0.717) is 52.2 Å². The Hall–Kier alpha value is -3.48. The van der Waals surface area contributed by atoms with Crippen LogP contribution in [0.3, 0.4) is 0 Å². The first-order chi connectivity index (χ1) is 19.9. The number of halogens is 1. The molecule has 1 aromatic heterocycles. The number of pyridine rings is 1. The number of rotatable bonds is 5. The number of nitrogens with two attached hydrogens (primary N) is 1. The molecule has 0 aliphatic carbocycles. The molecule has 0 spiro atoms. The topological polar surface area (TPSA) is 82.7 Å². The van der Waals surface area contributed by atoms with Crippen LogP contribution in [0.1, 0.15) is 59.1 Å². The first-order valence-electron chi connectivity index (χ1n) is 14.7. The monoisotopic (exact) mass is 602 g/mol. The predicted octanol–water partition coefficient (Wildman–Crippen LogP) is 7.30. The van der Waals surface area contributed by atoms with E-state index in [1.165, 1.54) is 4.90 Å². The Bertz CT molecular complexity index is 1600. The van der Waals surface area contributed by atoms with E-state index >= 15 is 4.39 Å². The Labute approximate surface area is 254 Å². The molecule has 2 aliphatic heterocycles. The van der Waals surface area contributed by atoms with Crippen molar-refractivity contribution >= 4 is 47.8 Å². The molecule has 5 rings (SSSR count). The van der Waals surface area contributed by atoms with Gasteiger partial charge in [-0.2, -0.15) is 0 Å². The van der Waals surface area contributed by atoms with Crippen LogP contribution in [0.5, 0.6) is 0 Å². The lowest BCUT2D eigenvalue weighted by Crippen LogP contribution is -2.64. The second kappa shape index (κ2) is 11.3. The quantitative estimate of drug-likeness (QED) is 0.181. The highest BCUT2D eigenvalue weighted by Gasteiger charge is 2.50. The van der Waals surface area contributed by atoms with Crippen LogP contribution >= 0.6 is 12.2 Å². The number of likely N-dealkylation sites (tertiary alicyclic amines) is 2. The summed E-state index contributed by atoms with van der Waals surface area (Å²) in [7, 11) is -1.99. The normalized spacial score (nSPS) is 18.3. The average Bonchev–Trinajstić information content (AvgIpc) is 3.25. The average molecular weight is 603 g/mol.